The first-order chi connectivity index (χ1) is 10.9. The highest BCUT2D eigenvalue weighted by molar-refractivity contribution is 5.88. The van der Waals surface area contributed by atoms with E-state index in [1.807, 2.05) is 30.3 Å². The fourth-order valence-corrected chi connectivity index (χ4v) is 2.80. The van der Waals surface area contributed by atoms with Crippen molar-refractivity contribution in [3.63, 3.8) is 0 Å². The summed E-state index contributed by atoms with van der Waals surface area (Å²) in [4.78, 5) is 12.0. The van der Waals surface area contributed by atoms with Crippen LogP contribution in [0.15, 0.2) is 61.1 Å². The van der Waals surface area contributed by atoms with E-state index in [-0.39, 0.29) is 0 Å². The first-order valence-corrected chi connectivity index (χ1v) is 7.40. The molecule has 4 rings (SSSR count). The normalized spacial score (nSPS) is 11.1. The summed E-state index contributed by atoms with van der Waals surface area (Å²) < 4.78 is 0. The third-order valence-electron chi connectivity index (χ3n) is 3.90. The average Bonchev–Trinajstić information content (AvgIpc) is 2.99. The standard InChI is InChI=1S/C18H16N4/c1-3-7-16-14(5-1)13(11-20-16)9-10-19-18-15-6-2-4-8-17(15)21-12-22-18/h1-8,11-12,20H,9-10H2,(H,19,21,22). The van der Waals surface area contributed by atoms with Crippen LogP contribution in [0.25, 0.3) is 21.8 Å². The molecule has 0 aliphatic heterocycles. The number of benzene rings is 2. The first-order valence-electron chi connectivity index (χ1n) is 7.40. The van der Waals surface area contributed by atoms with Crippen LogP contribution in [0, 0.1) is 0 Å². The Labute approximate surface area is 128 Å². The lowest BCUT2D eigenvalue weighted by atomic mass is 10.1. The summed E-state index contributed by atoms with van der Waals surface area (Å²) in [5, 5.41) is 5.77. The van der Waals surface area contributed by atoms with Crippen molar-refractivity contribution in [2.75, 3.05) is 11.9 Å². The Hall–Kier alpha value is -2.88. The molecule has 2 N–H and O–H groups in total. The number of para-hydroxylation sites is 2. The highest BCUT2D eigenvalue weighted by atomic mass is 15.0. The SMILES string of the molecule is c1ccc2c(NCCc3c[nH]c4ccccc34)ncnc2c1. The van der Waals surface area contributed by atoms with Crippen molar-refractivity contribution in [3.05, 3.63) is 66.6 Å². The molecule has 0 radical (unpaired) electrons. The predicted molar refractivity (Wildman–Crippen MR) is 90.0 cm³/mol. The molecule has 4 nitrogen and oxygen atoms in total. The van der Waals surface area contributed by atoms with Gasteiger partial charge in [0.2, 0.25) is 0 Å². The van der Waals surface area contributed by atoms with Gasteiger partial charge < -0.3 is 10.3 Å². The second kappa shape index (κ2) is 5.48. The molecule has 2 aromatic carbocycles. The topological polar surface area (TPSA) is 53.6 Å². The summed E-state index contributed by atoms with van der Waals surface area (Å²) in [6.45, 7) is 0.836. The van der Waals surface area contributed by atoms with E-state index < -0.39 is 0 Å². The summed E-state index contributed by atoms with van der Waals surface area (Å²) in [7, 11) is 0. The van der Waals surface area contributed by atoms with E-state index in [0.717, 1.165) is 29.7 Å². The van der Waals surface area contributed by atoms with E-state index in [1.165, 1.54) is 16.5 Å². The molecule has 0 aliphatic carbocycles. The lowest BCUT2D eigenvalue weighted by Crippen LogP contribution is -2.06. The number of fused-ring (bicyclic) bond motifs is 2. The Bertz CT molecular complexity index is 921. The fraction of sp³-hybridized carbons (Fsp3) is 0.111. The van der Waals surface area contributed by atoms with E-state index in [1.54, 1.807) is 6.33 Å². The number of H-pyrrole nitrogens is 1. The minimum atomic E-state index is 0.836. The van der Waals surface area contributed by atoms with Gasteiger partial charge in [-0.15, -0.1) is 0 Å². The first kappa shape index (κ1) is 12.8. The van der Waals surface area contributed by atoms with E-state index in [9.17, 15) is 0 Å². The molecule has 108 valence electrons. The summed E-state index contributed by atoms with van der Waals surface area (Å²) >= 11 is 0. The number of aromatic amines is 1. The predicted octanol–water partition coefficient (Wildman–Crippen LogP) is 3.77. The Balaban J connectivity index is 1.53. The van der Waals surface area contributed by atoms with E-state index >= 15 is 0 Å². The lowest BCUT2D eigenvalue weighted by molar-refractivity contribution is 1.01. The maximum atomic E-state index is 4.36. The Morgan fingerprint density at radius 2 is 1.73 bits per heavy atom. The zero-order valence-corrected chi connectivity index (χ0v) is 12.1. The van der Waals surface area contributed by atoms with Gasteiger partial charge in [0.1, 0.15) is 12.1 Å². The van der Waals surface area contributed by atoms with Crippen molar-refractivity contribution in [2.45, 2.75) is 6.42 Å². The van der Waals surface area contributed by atoms with Gasteiger partial charge in [0.25, 0.3) is 0 Å². The molecule has 4 aromatic rings. The van der Waals surface area contributed by atoms with Crippen LogP contribution in [0.5, 0.6) is 0 Å². The van der Waals surface area contributed by atoms with E-state index in [2.05, 4.69) is 44.7 Å². The average molecular weight is 288 g/mol. The number of nitrogens with one attached hydrogen (secondary N) is 2. The molecule has 2 heterocycles. The lowest BCUT2D eigenvalue weighted by Gasteiger charge is -2.07. The molecule has 2 aromatic heterocycles. The number of hydrogen-bond acceptors (Lipinski definition) is 3. The minimum Gasteiger partial charge on any atom is -0.369 e. The summed E-state index contributed by atoms with van der Waals surface area (Å²) in [5.41, 5.74) is 3.47. The van der Waals surface area contributed by atoms with Crippen LogP contribution in [0.4, 0.5) is 5.82 Å². The minimum absolute atomic E-state index is 0.836. The molecule has 0 saturated heterocycles. The van der Waals surface area contributed by atoms with Crippen LogP contribution in [-0.2, 0) is 6.42 Å². The maximum Gasteiger partial charge on any atom is 0.137 e. The van der Waals surface area contributed by atoms with Crippen molar-refractivity contribution in [1.29, 1.82) is 0 Å². The quantitative estimate of drug-likeness (QED) is 0.601. The maximum absolute atomic E-state index is 4.36. The monoisotopic (exact) mass is 288 g/mol. The van der Waals surface area contributed by atoms with Gasteiger partial charge in [0, 0.05) is 29.0 Å². The van der Waals surface area contributed by atoms with Gasteiger partial charge in [0.05, 0.1) is 5.52 Å². The Morgan fingerprint density at radius 3 is 2.68 bits per heavy atom. The number of hydrogen-bond donors (Lipinski definition) is 2. The molecular weight excluding hydrogens is 272 g/mol. The van der Waals surface area contributed by atoms with Crippen molar-refractivity contribution >= 4 is 27.6 Å². The van der Waals surface area contributed by atoms with Gasteiger partial charge in [0.15, 0.2) is 0 Å². The van der Waals surface area contributed by atoms with Gasteiger partial charge in [-0.1, -0.05) is 30.3 Å². The van der Waals surface area contributed by atoms with Crippen LogP contribution in [-0.4, -0.2) is 21.5 Å². The number of nitrogens with zero attached hydrogens (tertiary/aromatic N) is 2. The molecule has 0 spiro atoms. The zero-order valence-electron chi connectivity index (χ0n) is 12.1. The van der Waals surface area contributed by atoms with Gasteiger partial charge in [-0.25, -0.2) is 9.97 Å². The number of aromatic nitrogens is 3. The molecule has 0 aliphatic rings. The van der Waals surface area contributed by atoms with Crippen molar-refractivity contribution in [2.24, 2.45) is 0 Å². The third kappa shape index (κ3) is 2.29. The van der Waals surface area contributed by atoms with Crippen LogP contribution in [0.1, 0.15) is 5.56 Å². The van der Waals surface area contributed by atoms with Crippen LogP contribution in [0.2, 0.25) is 0 Å². The molecule has 4 heteroatoms. The Kier molecular flexibility index (Phi) is 3.20. The van der Waals surface area contributed by atoms with E-state index in [4.69, 9.17) is 0 Å². The van der Waals surface area contributed by atoms with Crippen molar-refractivity contribution in [3.8, 4) is 0 Å². The molecule has 0 bridgehead atoms. The molecule has 0 amide bonds. The molecule has 0 unspecified atom stereocenters. The largest absolute Gasteiger partial charge is 0.369 e. The molecular formula is C18H16N4. The van der Waals surface area contributed by atoms with E-state index in [0.29, 0.717) is 0 Å². The second-order valence-corrected chi connectivity index (χ2v) is 5.28. The van der Waals surface area contributed by atoms with Gasteiger partial charge >= 0.3 is 0 Å². The number of rotatable bonds is 4. The molecule has 0 saturated carbocycles. The van der Waals surface area contributed by atoms with Crippen LogP contribution in [0.3, 0.4) is 0 Å². The molecule has 0 atom stereocenters. The van der Waals surface area contributed by atoms with Gasteiger partial charge in [-0.2, -0.15) is 0 Å². The smallest absolute Gasteiger partial charge is 0.137 e. The zero-order chi connectivity index (χ0) is 14.8. The fourth-order valence-electron chi connectivity index (χ4n) is 2.80. The van der Waals surface area contributed by atoms with Crippen molar-refractivity contribution in [1.82, 2.24) is 15.0 Å². The molecule has 22 heavy (non-hydrogen) atoms. The van der Waals surface area contributed by atoms with Gasteiger partial charge in [-0.3, -0.25) is 0 Å². The summed E-state index contributed by atoms with van der Waals surface area (Å²) in [6, 6.07) is 16.4. The number of anilines is 1. The highest BCUT2D eigenvalue weighted by Crippen LogP contribution is 2.20. The van der Waals surface area contributed by atoms with Crippen molar-refractivity contribution < 1.29 is 0 Å². The Morgan fingerprint density at radius 1 is 0.909 bits per heavy atom. The third-order valence-corrected chi connectivity index (χ3v) is 3.90. The molecule has 0 fully saturated rings. The van der Waals surface area contributed by atoms with Crippen LogP contribution >= 0.6 is 0 Å². The van der Waals surface area contributed by atoms with Gasteiger partial charge in [-0.05, 0) is 30.2 Å². The second-order valence-electron chi connectivity index (χ2n) is 5.28. The van der Waals surface area contributed by atoms with Crippen LogP contribution < -0.4 is 5.32 Å². The highest BCUT2D eigenvalue weighted by Gasteiger charge is 2.04. The summed E-state index contributed by atoms with van der Waals surface area (Å²) in [5.74, 6) is 0.894. The summed E-state index contributed by atoms with van der Waals surface area (Å²) in [6.07, 6.45) is 4.64.